The van der Waals surface area contributed by atoms with Crippen LogP contribution in [0.1, 0.15) is 6.92 Å². The molecule has 62 valence electrons. The molecule has 0 atom stereocenters. The van der Waals surface area contributed by atoms with Gasteiger partial charge in [0.1, 0.15) is 0 Å². The summed E-state index contributed by atoms with van der Waals surface area (Å²) in [5.41, 5.74) is 0.462. The average Bonchev–Trinajstić information content (AvgIpc) is 2.01. The van der Waals surface area contributed by atoms with E-state index in [2.05, 4.69) is 11.3 Å². The minimum atomic E-state index is -0.448. The molecule has 0 aromatic heterocycles. The van der Waals surface area contributed by atoms with Crippen molar-refractivity contribution in [1.29, 1.82) is 0 Å². The van der Waals surface area contributed by atoms with Gasteiger partial charge in [0.2, 0.25) is 0 Å². The molecule has 0 spiro atoms. The molecular weight excluding hydrogens is 144 g/mol. The van der Waals surface area contributed by atoms with Crippen LogP contribution in [-0.2, 0) is 9.53 Å². The van der Waals surface area contributed by atoms with Gasteiger partial charge in [0, 0.05) is 6.08 Å². The maximum atomic E-state index is 10.7. The van der Waals surface area contributed by atoms with E-state index in [9.17, 15) is 4.79 Å². The number of aliphatic hydroxyl groups is 1. The van der Waals surface area contributed by atoms with Gasteiger partial charge in [-0.1, -0.05) is 12.7 Å². The SMILES string of the molecule is C=C/C(=C\C(=O)OCC)CO. The van der Waals surface area contributed by atoms with E-state index >= 15 is 0 Å². The lowest BCUT2D eigenvalue weighted by atomic mass is 10.2. The second kappa shape index (κ2) is 5.68. The molecule has 0 unspecified atom stereocenters. The fourth-order valence-corrected chi connectivity index (χ4v) is 0.504. The van der Waals surface area contributed by atoms with Gasteiger partial charge in [-0.15, -0.1) is 0 Å². The van der Waals surface area contributed by atoms with Gasteiger partial charge in [0.25, 0.3) is 0 Å². The van der Waals surface area contributed by atoms with Crippen LogP contribution in [0.15, 0.2) is 24.3 Å². The topological polar surface area (TPSA) is 46.5 Å². The molecule has 3 nitrogen and oxygen atoms in total. The monoisotopic (exact) mass is 156 g/mol. The van der Waals surface area contributed by atoms with E-state index in [1.807, 2.05) is 0 Å². The van der Waals surface area contributed by atoms with Crippen molar-refractivity contribution in [2.45, 2.75) is 6.92 Å². The molecule has 11 heavy (non-hydrogen) atoms. The Bertz CT molecular complexity index is 170. The Balaban J connectivity index is 4.03. The third-order valence-corrected chi connectivity index (χ3v) is 1.03. The van der Waals surface area contributed by atoms with E-state index in [4.69, 9.17) is 5.11 Å². The average molecular weight is 156 g/mol. The molecule has 0 aromatic rings. The standard InChI is InChI=1S/C8H12O3/c1-3-7(6-9)5-8(10)11-4-2/h3,5,9H,1,4,6H2,2H3/b7-5+. The fourth-order valence-electron chi connectivity index (χ4n) is 0.504. The molecular formula is C8H12O3. The van der Waals surface area contributed by atoms with E-state index in [1.165, 1.54) is 12.2 Å². The minimum Gasteiger partial charge on any atom is -0.463 e. The summed E-state index contributed by atoms with van der Waals surface area (Å²) >= 11 is 0. The van der Waals surface area contributed by atoms with Crippen molar-refractivity contribution in [2.75, 3.05) is 13.2 Å². The third kappa shape index (κ3) is 4.33. The molecule has 0 saturated heterocycles. The van der Waals surface area contributed by atoms with Crippen molar-refractivity contribution in [3.8, 4) is 0 Å². The number of esters is 1. The highest BCUT2D eigenvalue weighted by molar-refractivity contribution is 5.83. The fraction of sp³-hybridized carbons (Fsp3) is 0.375. The maximum absolute atomic E-state index is 10.7. The van der Waals surface area contributed by atoms with Crippen molar-refractivity contribution < 1.29 is 14.6 Å². The molecule has 0 rings (SSSR count). The Kier molecular flexibility index (Phi) is 5.11. The Hall–Kier alpha value is -1.09. The molecule has 0 aromatic carbocycles. The van der Waals surface area contributed by atoms with Crippen molar-refractivity contribution >= 4 is 5.97 Å². The van der Waals surface area contributed by atoms with Crippen LogP contribution in [0, 0.1) is 0 Å². The summed E-state index contributed by atoms with van der Waals surface area (Å²) in [5.74, 6) is -0.448. The first-order valence-corrected chi connectivity index (χ1v) is 3.35. The summed E-state index contributed by atoms with van der Waals surface area (Å²) in [5, 5.41) is 8.60. The van der Waals surface area contributed by atoms with Gasteiger partial charge in [0.05, 0.1) is 13.2 Å². The first kappa shape index (κ1) is 9.91. The highest BCUT2D eigenvalue weighted by atomic mass is 16.5. The Morgan fingerprint density at radius 2 is 2.36 bits per heavy atom. The summed E-state index contributed by atoms with van der Waals surface area (Å²) in [7, 11) is 0. The number of hydrogen-bond acceptors (Lipinski definition) is 3. The van der Waals surface area contributed by atoms with Gasteiger partial charge in [0.15, 0.2) is 0 Å². The van der Waals surface area contributed by atoms with Gasteiger partial charge in [-0.05, 0) is 12.5 Å². The molecule has 0 fully saturated rings. The second-order valence-corrected chi connectivity index (χ2v) is 1.83. The first-order chi connectivity index (χ1) is 5.24. The predicted octanol–water partition coefficient (Wildman–Crippen LogP) is 0.654. The van der Waals surface area contributed by atoms with Crippen molar-refractivity contribution in [1.82, 2.24) is 0 Å². The van der Waals surface area contributed by atoms with E-state index in [0.717, 1.165) is 0 Å². The molecule has 0 aliphatic rings. The highest BCUT2D eigenvalue weighted by Gasteiger charge is 1.96. The minimum absolute atomic E-state index is 0.192. The van der Waals surface area contributed by atoms with E-state index in [1.54, 1.807) is 6.92 Å². The van der Waals surface area contributed by atoms with E-state index in [-0.39, 0.29) is 6.61 Å². The lowest BCUT2D eigenvalue weighted by Crippen LogP contribution is -2.01. The molecule has 0 aliphatic carbocycles. The summed E-state index contributed by atoms with van der Waals surface area (Å²) in [6.45, 7) is 5.28. The lowest BCUT2D eigenvalue weighted by Gasteiger charge is -1.97. The number of hydrogen-bond donors (Lipinski definition) is 1. The number of ether oxygens (including phenoxy) is 1. The molecule has 0 aliphatic heterocycles. The van der Waals surface area contributed by atoms with Gasteiger partial charge >= 0.3 is 5.97 Å². The van der Waals surface area contributed by atoms with Crippen LogP contribution in [0.2, 0.25) is 0 Å². The summed E-state index contributed by atoms with van der Waals surface area (Å²) < 4.78 is 4.60. The zero-order chi connectivity index (χ0) is 8.69. The van der Waals surface area contributed by atoms with Crippen molar-refractivity contribution in [3.63, 3.8) is 0 Å². The predicted molar refractivity (Wildman–Crippen MR) is 42.0 cm³/mol. The highest BCUT2D eigenvalue weighted by Crippen LogP contribution is 1.94. The van der Waals surface area contributed by atoms with Crippen LogP contribution in [0.3, 0.4) is 0 Å². The smallest absolute Gasteiger partial charge is 0.331 e. The number of rotatable bonds is 4. The Morgan fingerprint density at radius 1 is 1.73 bits per heavy atom. The summed E-state index contributed by atoms with van der Waals surface area (Å²) in [6, 6.07) is 0. The largest absolute Gasteiger partial charge is 0.463 e. The van der Waals surface area contributed by atoms with Crippen LogP contribution < -0.4 is 0 Å². The molecule has 0 amide bonds. The number of aliphatic hydroxyl groups excluding tert-OH is 1. The Labute approximate surface area is 66.0 Å². The molecule has 0 bridgehead atoms. The number of carbonyl (C=O) groups excluding carboxylic acids is 1. The normalized spacial score (nSPS) is 10.9. The number of carbonyl (C=O) groups is 1. The summed E-state index contributed by atoms with van der Waals surface area (Å²) in [4.78, 5) is 10.7. The van der Waals surface area contributed by atoms with Crippen LogP contribution in [-0.4, -0.2) is 24.3 Å². The molecule has 0 radical (unpaired) electrons. The first-order valence-electron chi connectivity index (χ1n) is 3.35. The van der Waals surface area contributed by atoms with Crippen molar-refractivity contribution in [3.05, 3.63) is 24.3 Å². The third-order valence-electron chi connectivity index (χ3n) is 1.03. The zero-order valence-corrected chi connectivity index (χ0v) is 6.54. The summed E-state index contributed by atoms with van der Waals surface area (Å²) in [6.07, 6.45) is 2.63. The lowest BCUT2D eigenvalue weighted by molar-refractivity contribution is -0.137. The Morgan fingerprint density at radius 3 is 2.73 bits per heavy atom. The molecule has 0 heterocycles. The molecule has 1 N–H and O–H groups in total. The quantitative estimate of drug-likeness (QED) is 0.369. The maximum Gasteiger partial charge on any atom is 0.331 e. The van der Waals surface area contributed by atoms with Gasteiger partial charge in [-0.3, -0.25) is 0 Å². The van der Waals surface area contributed by atoms with Crippen LogP contribution in [0.25, 0.3) is 0 Å². The zero-order valence-electron chi connectivity index (χ0n) is 6.54. The van der Waals surface area contributed by atoms with Crippen LogP contribution >= 0.6 is 0 Å². The molecule has 3 heteroatoms. The van der Waals surface area contributed by atoms with E-state index < -0.39 is 5.97 Å². The molecule has 0 saturated carbocycles. The van der Waals surface area contributed by atoms with Crippen molar-refractivity contribution in [2.24, 2.45) is 0 Å². The van der Waals surface area contributed by atoms with Gasteiger partial charge < -0.3 is 9.84 Å². The van der Waals surface area contributed by atoms with Crippen LogP contribution in [0.4, 0.5) is 0 Å². The van der Waals surface area contributed by atoms with Gasteiger partial charge in [-0.2, -0.15) is 0 Å². The second-order valence-electron chi connectivity index (χ2n) is 1.83. The van der Waals surface area contributed by atoms with Gasteiger partial charge in [-0.25, -0.2) is 4.79 Å². The van der Waals surface area contributed by atoms with E-state index in [0.29, 0.717) is 12.2 Å². The van der Waals surface area contributed by atoms with Crippen LogP contribution in [0.5, 0.6) is 0 Å².